The van der Waals surface area contributed by atoms with Gasteiger partial charge in [-0.05, 0) is 36.4 Å². The van der Waals surface area contributed by atoms with Gasteiger partial charge in [0.05, 0.1) is 31.8 Å². The molecule has 0 spiro atoms. The van der Waals surface area contributed by atoms with Gasteiger partial charge >= 0.3 is 0 Å². The number of nitrogens with zero attached hydrogens (tertiary/aromatic N) is 2. The van der Waals surface area contributed by atoms with Gasteiger partial charge in [0.15, 0.2) is 11.5 Å². The van der Waals surface area contributed by atoms with Crippen molar-refractivity contribution in [2.75, 3.05) is 19.2 Å². The van der Waals surface area contributed by atoms with Gasteiger partial charge in [-0.2, -0.15) is 5.10 Å². The zero-order valence-corrected chi connectivity index (χ0v) is 14.3. The molecular weight excluding hydrogens is 312 g/mol. The molecule has 0 N–H and O–H groups in total. The summed E-state index contributed by atoms with van der Waals surface area (Å²) in [6, 6.07) is 25.8. The quantitative estimate of drug-likeness (QED) is 0.477. The Hall–Kier alpha value is -3.27. The summed E-state index contributed by atoms with van der Waals surface area (Å²) in [5, 5.41) is 6.58. The summed E-state index contributed by atoms with van der Waals surface area (Å²) >= 11 is 0. The van der Waals surface area contributed by atoms with Crippen molar-refractivity contribution in [3.05, 3.63) is 84.4 Å². The summed E-state index contributed by atoms with van der Waals surface area (Å²) in [7, 11) is 3.25. The Labute approximate surface area is 147 Å². The van der Waals surface area contributed by atoms with Gasteiger partial charge < -0.3 is 9.47 Å². The largest absolute Gasteiger partial charge is 0.493 e. The van der Waals surface area contributed by atoms with Gasteiger partial charge in [0.25, 0.3) is 0 Å². The van der Waals surface area contributed by atoms with E-state index in [1.807, 2.05) is 83.9 Å². The minimum absolute atomic E-state index is 0.662. The van der Waals surface area contributed by atoms with E-state index in [0.717, 1.165) is 16.9 Å². The topological polar surface area (TPSA) is 34.1 Å². The van der Waals surface area contributed by atoms with E-state index in [0.29, 0.717) is 11.5 Å². The van der Waals surface area contributed by atoms with Crippen molar-refractivity contribution in [2.45, 2.75) is 0 Å². The first-order valence-corrected chi connectivity index (χ1v) is 7.98. The van der Waals surface area contributed by atoms with E-state index in [-0.39, 0.29) is 0 Å². The van der Waals surface area contributed by atoms with E-state index in [1.165, 1.54) is 0 Å². The summed E-state index contributed by atoms with van der Waals surface area (Å²) in [6.45, 7) is 0. The van der Waals surface area contributed by atoms with Gasteiger partial charge in [0.2, 0.25) is 0 Å². The van der Waals surface area contributed by atoms with Crippen LogP contribution < -0.4 is 14.5 Å². The van der Waals surface area contributed by atoms with Gasteiger partial charge in [-0.15, -0.1) is 0 Å². The minimum atomic E-state index is 0.662. The Morgan fingerprint density at radius 3 is 1.84 bits per heavy atom. The van der Waals surface area contributed by atoms with E-state index < -0.39 is 0 Å². The van der Waals surface area contributed by atoms with Gasteiger partial charge in [-0.3, -0.25) is 0 Å². The maximum absolute atomic E-state index is 5.48. The third-order valence-corrected chi connectivity index (χ3v) is 3.75. The fourth-order valence-corrected chi connectivity index (χ4v) is 2.55. The number of rotatable bonds is 6. The number of para-hydroxylation sites is 3. The predicted octanol–water partition coefficient (Wildman–Crippen LogP) is 4.88. The lowest BCUT2D eigenvalue weighted by atomic mass is 10.2. The molecule has 0 heterocycles. The number of hydrogen-bond acceptors (Lipinski definition) is 4. The van der Waals surface area contributed by atoms with Crippen molar-refractivity contribution < 1.29 is 9.47 Å². The summed E-state index contributed by atoms with van der Waals surface area (Å²) < 4.78 is 10.8. The highest BCUT2D eigenvalue weighted by molar-refractivity contribution is 5.86. The first kappa shape index (κ1) is 16.6. The lowest BCUT2D eigenvalue weighted by Gasteiger charge is -2.19. The second-order valence-corrected chi connectivity index (χ2v) is 5.31. The van der Waals surface area contributed by atoms with Crippen molar-refractivity contribution in [1.29, 1.82) is 0 Å². The average molecular weight is 332 g/mol. The number of benzene rings is 3. The average Bonchev–Trinajstić information content (AvgIpc) is 2.69. The van der Waals surface area contributed by atoms with E-state index in [4.69, 9.17) is 14.6 Å². The number of hydrogen-bond donors (Lipinski definition) is 0. The zero-order chi connectivity index (χ0) is 17.5. The van der Waals surface area contributed by atoms with Crippen molar-refractivity contribution in [3.8, 4) is 11.5 Å². The SMILES string of the molecule is COc1cccc(/C=N\N(c2ccccc2)c2ccccc2)c1OC. The highest BCUT2D eigenvalue weighted by atomic mass is 16.5. The van der Waals surface area contributed by atoms with Crippen LogP contribution in [0.25, 0.3) is 0 Å². The molecule has 0 atom stereocenters. The Morgan fingerprint density at radius 2 is 1.32 bits per heavy atom. The van der Waals surface area contributed by atoms with Crippen LogP contribution in [0.2, 0.25) is 0 Å². The number of ether oxygens (including phenoxy) is 2. The van der Waals surface area contributed by atoms with Crippen LogP contribution in [-0.2, 0) is 0 Å². The molecule has 0 bridgehead atoms. The van der Waals surface area contributed by atoms with Gasteiger partial charge in [-0.1, -0.05) is 42.5 Å². The van der Waals surface area contributed by atoms with Crippen LogP contribution >= 0.6 is 0 Å². The summed E-state index contributed by atoms with van der Waals surface area (Å²) in [4.78, 5) is 0. The smallest absolute Gasteiger partial charge is 0.169 e. The number of anilines is 2. The van der Waals surface area contributed by atoms with Crippen molar-refractivity contribution in [1.82, 2.24) is 0 Å². The van der Waals surface area contributed by atoms with Crippen LogP contribution in [0.4, 0.5) is 11.4 Å². The Balaban J connectivity index is 2.01. The standard InChI is InChI=1S/C21H20N2O2/c1-24-20-15-9-10-17(21(20)25-2)16-22-23(18-11-5-3-6-12-18)19-13-7-4-8-14-19/h3-16H,1-2H3/b22-16-. The predicted molar refractivity (Wildman–Crippen MR) is 102 cm³/mol. The van der Waals surface area contributed by atoms with Crippen LogP contribution in [0.3, 0.4) is 0 Å². The summed E-state index contributed by atoms with van der Waals surface area (Å²) in [5.74, 6) is 1.34. The normalized spacial score (nSPS) is 10.6. The van der Waals surface area contributed by atoms with Crippen LogP contribution in [0.1, 0.15) is 5.56 Å². The lowest BCUT2D eigenvalue weighted by Crippen LogP contribution is -2.09. The molecule has 0 fully saturated rings. The summed E-state index contributed by atoms with van der Waals surface area (Å²) in [5.41, 5.74) is 2.80. The molecular formula is C21H20N2O2. The molecule has 0 aliphatic carbocycles. The molecule has 3 rings (SSSR count). The molecule has 0 aromatic heterocycles. The zero-order valence-electron chi connectivity index (χ0n) is 14.3. The summed E-state index contributed by atoms with van der Waals surface area (Å²) in [6.07, 6.45) is 1.78. The molecule has 0 aliphatic rings. The third-order valence-electron chi connectivity index (χ3n) is 3.75. The van der Waals surface area contributed by atoms with Crippen molar-refractivity contribution >= 4 is 17.6 Å². The Bertz CT molecular complexity index is 794. The van der Waals surface area contributed by atoms with E-state index in [9.17, 15) is 0 Å². The molecule has 25 heavy (non-hydrogen) atoms. The molecule has 0 saturated heterocycles. The molecule has 3 aromatic rings. The molecule has 126 valence electrons. The maximum atomic E-state index is 5.48. The third kappa shape index (κ3) is 3.80. The fraction of sp³-hybridized carbons (Fsp3) is 0.0952. The van der Waals surface area contributed by atoms with Crippen LogP contribution in [0, 0.1) is 0 Å². The molecule has 0 radical (unpaired) electrons. The first-order valence-electron chi connectivity index (χ1n) is 7.98. The van der Waals surface area contributed by atoms with Gasteiger partial charge in [0, 0.05) is 5.56 Å². The highest BCUT2D eigenvalue weighted by Gasteiger charge is 2.10. The number of methoxy groups -OCH3 is 2. The Morgan fingerprint density at radius 1 is 0.720 bits per heavy atom. The van der Waals surface area contributed by atoms with E-state index >= 15 is 0 Å². The van der Waals surface area contributed by atoms with Crippen molar-refractivity contribution in [3.63, 3.8) is 0 Å². The second-order valence-electron chi connectivity index (χ2n) is 5.31. The van der Waals surface area contributed by atoms with Crippen LogP contribution in [-0.4, -0.2) is 20.4 Å². The fourth-order valence-electron chi connectivity index (χ4n) is 2.55. The van der Waals surface area contributed by atoms with E-state index in [2.05, 4.69) is 0 Å². The lowest BCUT2D eigenvalue weighted by molar-refractivity contribution is 0.354. The molecule has 3 aromatic carbocycles. The minimum Gasteiger partial charge on any atom is -0.493 e. The molecule has 0 saturated carbocycles. The molecule has 0 unspecified atom stereocenters. The van der Waals surface area contributed by atoms with Crippen molar-refractivity contribution in [2.24, 2.45) is 5.10 Å². The van der Waals surface area contributed by atoms with Gasteiger partial charge in [0.1, 0.15) is 0 Å². The van der Waals surface area contributed by atoms with Gasteiger partial charge in [-0.25, -0.2) is 5.01 Å². The molecule has 4 heteroatoms. The monoisotopic (exact) mass is 332 g/mol. The Kier molecular flexibility index (Phi) is 5.32. The first-order chi connectivity index (χ1) is 12.3. The van der Waals surface area contributed by atoms with Crippen LogP contribution in [0.15, 0.2) is 84.0 Å². The second kappa shape index (κ2) is 8.02. The number of hydrazone groups is 1. The highest BCUT2D eigenvalue weighted by Crippen LogP contribution is 2.30. The molecule has 0 aliphatic heterocycles. The molecule has 4 nitrogen and oxygen atoms in total. The maximum Gasteiger partial charge on any atom is 0.169 e. The van der Waals surface area contributed by atoms with Crippen LogP contribution in [0.5, 0.6) is 11.5 Å². The van der Waals surface area contributed by atoms with E-state index in [1.54, 1.807) is 20.4 Å². The molecule has 0 amide bonds.